The summed E-state index contributed by atoms with van der Waals surface area (Å²) in [5.74, 6) is 0.724. The van der Waals surface area contributed by atoms with Crippen LogP contribution in [0.25, 0.3) is 33.9 Å². The van der Waals surface area contributed by atoms with Crippen molar-refractivity contribution in [2.24, 2.45) is 5.10 Å². The highest BCUT2D eigenvalue weighted by atomic mass is 32.1. The molecule has 0 aliphatic rings. The molecule has 0 atom stereocenters. The number of aromatic nitrogens is 6. The predicted octanol–water partition coefficient (Wildman–Crippen LogP) is 7.89. The van der Waals surface area contributed by atoms with E-state index in [1.165, 1.54) is 22.5 Å². The van der Waals surface area contributed by atoms with E-state index in [1.54, 1.807) is 10.9 Å². The van der Waals surface area contributed by atoms with Crippen LogP contribution < -0.4 is 10.2 Å². The van der Waals surface area contributed by atoms with Gasteiger partial charge in [0.05, 0.1) is 29.5 Å². The molecule has 0 aliphatic heterocycles. The Morgan fingerprint density at radius 2 is 1.59 bits per heavy atom. The molecule has 3 heterocycles. The first kappa shape index (κ1) is 28.9. The first-order valence-corrected chi connectivity index (χ1v) is 15.6. The summed E-state index contributed by atoms with van der Waals surface area (Å²) in [6.45, 7) is 4.49. The standard InChI is InChI=1S/C36H30N8OS/c1-25-13-16-32(19-26(25)2)44-22-30(39-42-44)23-45-33-17-14-28(15-18-33)35-29(21-43(41-35)31-11-7-4-8-12-31)20-37-40-36-38-34(24-46-36)27-9-5-3-6-10-27/h3-22,24H,23H2,1-2H3,(H,38,40). The third kappa shape index (κ3) is 6.47. The number of hydrogen-bond acceptors (Lipinski definition) is 8. The molecule has 7 rings (SSSR count). The molecule has 3 aromatic heterocycles. The quantitative estimate of drug-likeness (QED) is 0.123. The third-order valence-corrected chi connectivity index (χ3v) is 8.26. The molecule has 0 fully saturated rings. The Labute approximate surface area is 270 Å². The van der Waals surface area contributed by atoms with Crippen LogP contribution in [0.3, 0.4) is 0 Å². The van der Waals surface area contributed by atoms with Crippen molar-refractivity contribution in [1.82, 2.24) is 29.8 Å². The SMILES string of the molecule is Cc1ccc(-n2cc(COc3ccc(-c4nn(-c5ccccc5)cc4C=NNc4nc(-c5ccccc5)cs4)cc3)nn2)cc1C. The van der Waals surface area contributed by atoms with Crippen molar-refractivity contribution >= 4 is 22.7 Å². The minimum Gasteiger partial charge on any atom is -0.487 e. The van der Waals surface area contributed by atoms with Gasteiger partial charge in [0.1, 0.15) is 23.7 Å². The van der Waals surface area contributed by atoms with E-state index in [-0.39, 0.29) is 0 Å². The number of anilines is 1. The Morgan fingerprint density at radius 1 is 0.804 bits per heavy atom. The maximum Gasteiger partial charge on any atom is 0.203 e. The molecule has 1 N–H and O–H groups in total. The second-order valence-corrected chi connectivity index (χ2v) is 11.6. The van der Waals surface area contributed by atoms with Gasteiger partial charge in [-0.1, -0.05) is 59.8 Å². The number of hydrogen-bond donors (Lipinski definition) is 1. The molecule has 4 aromatic carbocycles. The fraction of sp³-hybridized carbons (Fsp3) is 0.0833. The molecule has 10 heteroatoms. The Hall–Kier alpha value is -5.87. The van der Waals surface area contributed by atoms with Crippen molar-refractivity contribution in [1.29, 1.82) is 0 Å². The average Bonchev–Trinajstić information content (AvgIpc) is 3.87. The van der Waals surface area contributed by atoms with Crippen molar-refractivity contribution in [2.75, 3.05) is 5.43 Å². The van der Waals surface area contributed by atoms with Crippen molar-refractivity contribution in [3.8, 4) is 39.6 Å². The van der Waals surface area contributed by atoms with Gasteiger partial charge in [0, 0.05) is 28.3 Å². The minimum absolute atomic E-state index is 0.305. The molecule has 0 bridgehead atoms. The van der Waals surface area contributed by atoms with Crippen LogP contribution in [0.15, 0.2) is 126 Å². The molecule has 0 amide bonds. The topological polar surface area (TPSA) is 95.0 Å². The largest absolute Gasteiger partial charge is 0.487 e. The summed E-state index contributed by atoms with van der Waals surface area (Å²) in [7, 11) is 0. The number of hydrazone groups is 1. The van der Waals surface area contributed by atoms with Crippen LogP contribution in [-0.4, -0.2) is 36.0 Å². The van der Waals surface area contributed by atoms with Gasteiger partial charge in [0.15, 0.2) is 0 Å². The number of thiazole rings is 1. The van der Waals surface area contributed by atoms with E-state index in [2.05, 4.69) is 51.8 Å². The number of aryl methyl sites for hydroxylation is 2. The van der Waals surface area contributed by atoms with E-state index >= 15 is 0 Å². The molecule has 0 spiro atoms. The van der Waals surface area contributed by atoms with Gasteiger partial charge in [0.2, 0.25) is 5.13 Å². The van der Waals surface area contributed by atoms with Crippen molar-refractivity contribution in [2.45, 2.75) is 20.5 Å². The predicted molar refractivity (Wildman–Crippen MR) is 183 cm³/mol. The van der Waals surface area contributed by atoms with Crippen LogP contribution in [0.2, 0.25) is 0 Å². The molecule has 7 aromatic rings. The molecular weight excluding hydrogens is 593 g/mol. The number of benzene rings is 4. The van der Waals surface area contributed by atoms with Crippen LogP contribution in [0.1, 0.15) is 22.4 Å². The van der Waals surface area contributed by atoms with E-state index in [0.717, 1.165) is 50.9 Å². The molecule has 226 valence electrons. The molecule has 0 unspecified atom stereocenters. The summed E-state index contributed by atoms with van der Waals surface area (Å²) in [5.41, 5.74) is 12.8. The van der Waals surface area contributed by atoms with Crippen LogP contribution in [0.5, 0.6) is 5.75 Å². The summed E-state index contributed by atoms with van der Waals surface area (Å²) in [6, 6.07) is 34.2. The summed E-state index contributed by atoms with van der Waals surface area (Å²) < 4.78 is 9.67. The molecule has 0 radical (unpaired) electrons. The highest BCUT2D eigenvalue weighted by molar-refractivity contribution is 7.14. The normalized spacial score (nSPS) is 11.3. The second-order valence-electron chi connectivity index (χ2n) is 10.7. The molecule has 0 saturated carbocycles. The van der Waals surface area contributed by atoms with E-state index < -0.39 is 0 Å². The maximum atomic E-state index is 6.04. The van der Waals surface area contributed by atoms with Gasteiger partial charge in [-0.05, 0) is 73.5 Å². The number of rotatable bonds is 10. The van der Waals surface area contributed by atoms with Gasteiger partial charge in [0.25, 0.3) is 0 Å². The Bertz CT molecular complexity index is 2100. The van der Waals surface area contributed by atoms with Crippen LogP contribution in [0, 0.1) is 13.8 Å². The Morgan fingerprint density at radius 3 is 2.37 bits per heavy atom. The summed E-state index contributed by atoms with van der Waals surface area (Å²) in [6.07, 6.45) is 5.63. The smallest absolute Gasteiger partial charge is 0.203 e. The van der Waals surface area contributed by atoms with Gasteiger partial charge in [-0.3, -0.25) is 5.43 Å². The number of nitrogens with one attached hydrogen (secondary N) is 1. The summed E-state index contributed by atoms with van der Waals surface area (Å²) >= 11 is 1.51. The third-order valence-electron chi connectivity index (χ3n) is 7.51. The first-order valence-electron chi connectivity index (χ1n) is 14.8. The molecule has 46 heavy (non-hydrogen) atoms. The van der Waals surface area contributed by atoms with Crippen molar-refractivity contribution in [3.63, 3.8) is 0 Å². The Kier molecular flexibility index (Phi) is 8.17. The van der Waals surface area contributed by atoms with E-state index in [1.807, 2.05) is 113 Å². The first-order chi connectivity index (χ1) is 22.6. The van der Waals surface area contributed by atoms with E-state index in [9.17, 15) is 0 Å². The second kappa shape index (κ2) is 13.0. The highest BCUT2D eigenvalue weighted by Crippen LogP contribution is 2.27. The van der Waals surface area contributed by atoms with Gasteiger partial charge in [-0.15, -0.1) is 16.4 Å². The lowest BCUT2D eigenvalue weighted by Crippen LogP contribution is -1.97. The monoisotopic (exact) mass is 622 g/mol. The van der Waals surface area contributed by atoms with Crippen molar-refractivity contribution in [3.05, 3.63) is 143 Å². The lowest BCUT2D eigenvalue weighted by molar-refractivity contribution is 0.301. The fourth-order valence-electron chi connectivity index (χ4n) is 4.87. The van der Waals surface area contributed by atoms with Gasteiger partial charge in [-0.2, -0.15) is 10.2 Å². The van der Waals surface area contributed by atoms with Gasteiger partial charge >= 0.3 is 0 Å². The van der Waals surface area contributed by atoms with Crippen molar-refractivity contribution < 1.29 is 4.74 Å². The lowest BCUT2D eigenvalue weighted by atomic mass is 10.1. The van der Waals surface area contributed by atoms with E-state index in [0.29, 0.717) is 11.7 Å². The van der Waals surface area contributed by atoms with Crippen LogP contribution in [-0.2, 0) is 6.61 Å². The highest BCUT2D eigenvalue weighted by Gasteiger charge is 2.13. The van der Waals surface area contributed by atoms with Gasteiger partial charge < -0.3 is 4.74 Å². The lowest BCUT2D eigenvalue weighted by Gasteiger charge is -2.06. The zero-order valence-corrected chi connectivity index (χ0v) is 26.1. The molecule has 0 aliphatic carbocycles. The fourth-order valence-corrected chi connectivity index (χ4v) is 5.54. The maximum absolute atomic E-state index is 6.04. The number of para-hydroxylation sites is 1. The van der Waals surface area contributed by atoms with Crippen LogP contribution in [0.4, 0.5) is 5.13 Å². The zero-order chi connectivity index (χ0) is 31.3. The van der Waals surface area contributed by atoms with E-state index in [4.69, 9.17) is 9.84 Å². The molecular formula is C36H30N8OS. The summed E-state index contributed by atoms with van der Waals surface area (Å²) in [4.78, 5) is 4.67. The number of nitrogens with zero attached hydrogens (tertiary/aromatic N) is 7. The minimum atomic E-state index is 0.305. The molecule has 9 nitrogen and oxygen atoms in total. The van der Waals surface area contributed by atoms with Crippen LogP contribution >= 0.6 is 11.3 Å². The number of ether oxygens (including phenoxy) is 1. The average molecular weight is 623 g/mol. The zero-order valence-electron chi connectivity index (χ0n) is 25.3. The summed E-state index contributed by atoms with van der Waals surface area (Å²) in [5, 5.41) is 20.7. The Balaban J connectivity index is 1.07. The van der Waals surface area contributed by atoms with Gasteiger partial charge in [-0.25, -0.2) is 14.3 Å². The molecule has 0 saturated heterocycles.